The molecule has 1 fully saturated rings. The SMILES string of the molecule is Cc1ccc(NC(=O)c2ccccc2SC[C@@H]2CCCO2)nc1. The molecule has 1 aliphatic heterocycles. The lowest BCUT2D eigenvalue weighted by Crippen LogP contribution is -2.14. The van der Waals surface area contributed by atoms with Gasteiger partial charge in [0.25, 0.3) is 5.91 Å². The maximum Gasteiger partial charge on any atom is 0.257 e. The van der Waals surface area contributed by atoms with Crippen molar-refractivity contribution in [2.75, 3.05) is 17.7 Å². The summed E-state index contributed by atoms with van der Waals surface area (Å²) in [5.74, 6) is 1.32. The summed E-state index contributed by atoms with van der Waals surface area (Å²) in [6.07, 6.45) is 4.28. The number of pyridine rings is 1. The minimum absolute atomic E-state index is 0.128. The molecule has 1 amide bonds. The van der Waals surface area contributed by atoms with Gasteiger partial charge in [-0.25, -0.2) is 4.98 Å². The topological polar surface area (TPSA) is 51.2 Å². The molecule has 2 heterocycles. The van der Waals surface area contributed by atoms with Crippen LogP contribution in [0, 0.1) is 6.92 Å². The summed E-state index contributed by atoms with van der Waals surface area (Å²) < 4.78 is 5.65. The van der Waals surface area contributed by atoms with Gasteiger partial charge < -0.3 is 10.1 Å². The molecule has 120 valence electrons. The fourth-order valence-corrected chi connectivity index (χ4v) is 3.58. The number of rotatable bonds is 5. The van der Waals surface area contributed by atoms with Crippen LogP contribution < -0.4 is 5.32 Å². The van der Waals surface area contributed by atoms with Crippen LogP contribution in [-0.4, -0.2) is 29.4 Å². The van der Waals surface area contributed by atoms with Gasteiger partial charge in [-0.1, -0.05) is 18.2 Å². The highest BCUT2D eigenvalue weighted by atomic mass is 32.2. The Bertz CT molecular complexity index is 667. The fraction of sp³-hybridized carbons (Fsp3) is 0.333. The van der Waals surface area contributed by atoms with E-state index in [4.69, 9.17) is 4.74 Å². The van der Waals surface area contributed by atoms with Gasteiger partial charge in [-0.3, -0.25) is 4.79 Å². The second kappa shape index (κ2) is 7.62. The fourth-order valence-electron chi connectivity index (χ4n) is 2.46. The van der Waals surface area contributed by atoms with Crippen LogP contribution in [0.3, 0.4) is 0 Å². The highest BCUT2D eigenvalue weighted by molar-refractivity contribution is 7.99. The molecule has 5 heteroatoms. The van der Waals surface area contributed by atoms with Crippen molar-refractivity contribution in [3.05, 3.63) is 53.7 Å². The van der Waals surface area contributed by atoms with E-state index in [1.54, 1.807) is 18.0 Å². The van der Waals surface area contributed by atoms with Crippen molar-refractivity contribution < 1.29 is 9.53 Å². The molecule has 0 spiro atoms. The lowest BCUT2D eigenvalue weighted by atomic mass is 10.2. The number of anilines is 1. The molecule has 3 rings (SSSR count). The van der Waals surface area contributed by atoms with Crippen LogP contribution >= 0.6 is 11.8 Å². The number of nitrogens with one attached hydrogen (secondary N) is 1. The Labute approximate surface area is 140 Å². The number of nitrogens with zero attached hydrogens (tertiary/aromatic N) is 1. The van der Waals surface area contributed by atoms with Gasteiger partial charge >= 0.3 is 0 Å². The van der Waals surface area contributed by atoms with Crippen molar-refractivity contribution in [1.82, 2.24) is 4.98 Å². The second-order valence-corrected chi connectivity index (χ2v) is 6.68. The smallest absolute Gasteiger partial charge is 0.257 e. The van der Waals surface area contributed by atoms with E-state index in [9.17, 15) is 4.79 Å². The molecule has 2 aromatic rings. The number of ether oxygens (including phenoxy) is 1. The van der Waals surface area contributed by atoms with Crippen LogP contribution in [0.4, 0.5) is 5.82 Å². The van der Waals surface area contributed by atoms with Crippen LogP contribution in [0.25, 0.3) is 0 Å². The van der Waals surface area contributed by atoms with Gasteiger partial charge in [-0.05, 0) is 43.5 Å². The van der Waals surface area contributed by atoms with Crippen molar-refractivity contribution in [2.24, 2.45) is 0 Å². The Morgan fingerprint density at radius 3 is 2.96 bits per heavy atom. The number of hydrogen-bond donors (Lipinski definition) is 1. The van der Waals surface area contributed by atoms with Crippen LogP contribution in [0.5, 0.6) is 0 Å². The number of hydrogen-bond acceptors (Lipinski definition) is 4. The molecule has 1 saturated heterocycles. The first kappa shape index (κ1) is 16.0. The summed E-state index contributed by atoms with van der Waals surface area (Å²) in [7, 11) is 0. The number of thioether (sulfide) groups is 1. The highest BCUT2D eigenvalue weighted by Gasteiger charge is 2.18. The third kappa shape index (κ3) is 4.33. The first-order valence-electron chi connectivity index (χ1n) is 7.80. The summed E-state index contributed by atoms with van der Waals surface area (Å²) in [4.78, 5) is 17.7. The molecule has 0 saturated carbocycles. The zero-order chi connectivity index (χ0) is 16.1. The number of aromatic nitrogens is 1. The lowest BCUT2D eigenvalue weighted by Gasteiger charge is -2.12. The van der Waals surface area contributed by atoms with E-state index in [-0.39, 0.29) is 5.91 Å². The van der Waals surface area contributed by atoms with Gasteiger partial charge in [0.05, 0.1) is 11.7 Å². The zero-order valence-corrected chi connectivity index (χ0v) is 13.9. The quantitative estimate of drug-likeness (QED) is 0.845. The van der Waals surface area contributed by atoms with Crippen LogP contribution in [0.15, 0.2) is 47.5 Å². The number of aryl methyl sites for hydroxylation is 1. The largest absolute Gasteiger partial charge is 0.377 e. The monoisotopic (exact) mass is 328 g/mol. The standard InChI is InChI=1S/C18H20N2O2S/c1-13-8-9-17(19-11-13)20-18(21)15-6-2-3-7-16(15)23-12-14-5-4-10-22-14/h2-3,6-9,11,14H,4-5,10,12H2,1H3,(H,19,20,21)/t14-/m0/s1. The third-order valence-electron chi connectivity index (χ3n) is 3.73. The van der Waals surface area contributed by atoms with Gasteiger partial charge in [0.1, 0.15) is 5.82 Å². The maximum atomic E-state index is 12.5. The van der Waals surface area contributed by atoms with Crippen molar-refractivity contribution in [3.8, 4) is 0 Å². The van der Waals surface area contributed by atoms with Gasteiger partial charge in [0, 0.05) is 23.5 Å². The average Bonchev–Trinajstić information content (AvgIpc) is 3.09. The molecule has 4 nitrogen and oxygen atoms in total. The first-order valence-corrected chi connectivity index (χ1v) is 8.78. The van der Waals surface area contributed by atoms with E-state index in [0.29, 0.717) is 17.5 Å². The molecule has 1 aromatic heterocycles. The summed E-state index contributed by atoms with van der Waals surface area (Å²) in [6.45, 7) is 2.82. The molecule has 0 bridgehead atoms. The van der Waals surface area contributed by atoms with Gasteiger partial charge in [0.15, 0.2) is 0 Å². The molecule has 0 radical (unpaired) electrons. The number of amides is 1. The zero-order valence-electron chi connectivity index (χ0n) is 13.1. The maximum absolute atomic E-state index is 12.5. The predicted molar refractivity (Wildman–Crippen MR) is 93.1 cm³/mol. The molecule has 0 unspecified atom stereocenters. The number of carbonyl (C=O) groups excluding carboxylic acids is 1. The van der Waals surface area contributed by atoms with E-state index in [2.05, 4.69) is 10.3 Å². The molecule has 1 N–H and O–H groups in total. The van der Waals surface area contributed by atoms with E-state index in [0.717, 1.165) is 35.7 Å². The van der Waals surface area contributed by atoms with Gasteiger partial charge in [0.2, 0.25) is 0 Å². The van der Waals surface area contributed by atoms with Crippen molar-refractivity contribution >= 4 is 23.5 Å². The Hall–Kier alpha value is -1.85. The molecule has 0 aliphatic carbocycles. The Balaban J connectivity index is 1.68. The molecule has 23 heavy (non-hydrogen) atoms. The first-order chi connectivity index (χ1) is 11.2. The minimum Gasteiger partial charge on any atom is -0.377 e. The van der Waals surface area contributed by atoms with Crippen LogP contribution in [0.2, 0.25) is 0 Å². The summed E-state index contributed by atoms with van der Waals surface area (Å²) >= 11 is 1.68. The molecule has 1 aliphatic rings. The van der Waals surface area contributed by atoms with E-state index < -0.39 is 0 Å². The summed E-state index contributed by atoms with van der Waals surface area (Å²) in [6, 6.07) is 11.4. The van der Waals surface area contributed by atoms with E-state index in [1.165, 1.54) is 0 Å². The second-order valence-electron chi connectivity index (χ2n) is 5.62. The van der Waals surface area contributed by atoms with E-state index >= 15 is 0 Å². The minimum atomic E-state index is -0.128. The van der Waals surface area contributed by atoms with Gasteiger partial charge in [-0.15, -0.1) is 11.8 Å². The normalized spacial score (nSPS) is 17.2. The van der Waals surface area contributed by atoms with Crippen LogP contribution in [-0.2, 0) is 4.74 Å². The average molecular weight is 328 g/mol. The summed E-state index contributed by atoms with van der Waals surface area (Å²) in [5.41, 5.74) is 1.74. The highest BCUT2D eigenvalue weighted by Crippen LogP contribution is 2.27. The summed E-state index contributed by atoms with van der Waals surface area (Å²) in [5, 5.41) is 2.86. The predicted octanol–water partition coefficient (Wildman–Crippen LogP) is 3.91. The number of benzene rings is 1. The van der Waals surface area contributed by atoms with Crippen molar-refractivity contribution in [2.45, 2.75) is 30.8 Å². The Kier molecular flexibility index (Phi) is 5.31. The van der Waals surface area contributed by atoms with E-state index in [1.807, 2.05) is 43.3 Å². The van der Waals surface area contributed by atoms with Gasteiger partial charge in [-0.2, -0.15) is 0 Å². The molecule has 1 aromatic carbocycles. The molecular formula is C18H20N2O2S. The van der Waals surface area contributed by atoms with Crippen LogP contribution in [0.1, 0.15) is 28.8 Å². The molecular weight excluding hydrogens is 308 g/mol. The van der Waals surface area contributed by atoms with Crippen molar-refractivity contribution in [3.63, 3.8) is 0 Å². The number of carbonyl (C=O) groups is 1. The molecule has 1 atom stereocenters. The Morgan fingerprint density at radius 1 is 1.35 bits per heavy atom. The Morgan fingerprint density at radius 2 is 2.22 bits per heavy atom. The third-order valence-corrected chi connectivity index (χ3v) is 4.94. The lowest BCUT2D eigenvalue weighted by molar-refractivity contribution is 0.102. The van der Waals surface area contributed by atoms with Crippen molar-refractivity contribution in [1.29, 1.82) is 0 Å².